The number of rotatable bonds is 12. The number of aliphatic hydroxyl groups is 1. The Labute approximate surface area is 226 Å². The molecular formula is C25H29Cl2N5O4S. The number of nitrogens with zero attached hydrogens (tertiary/aromatic N) is 1. The van der Waals surface area contributed by atoms with Crippen molar-refractivity contribution in [1.29, 1.82) is 0 Å². The van der Waals surface area contributed by atoms with Crippen LogP contribution in [0.25, 0.3) is 0 Å². The van der Waals surface area contributed by atoms with Gasteiger partial charge >= 0.3 is 0 Å². The van der Waals surface area contributed by atoms with Gasteiger partial charge in [0.05, 0.1) is 15.5 Å². The highest BCUT2D eigenvalue weighted by Gasteiger charge is 2.20. The van der Waals surface area contributed by atoms with Crippen molar-refractivity contribution in [1.82, 2.24) is 4.98 Å². The van der Waals surface area contributed by atoms with Crippen LogP contribution in [0.5, 0.6) is 0 Å². The van der Waals surface area contributed by atoms with Crippen LogP contribution in [0.1, 0.15) is 41.4 Å². The third-order valence-corrected chi connectivity index (χ3v) is 7.00. The van der Waals surface area contributed by atoms with Crippen molar-refractivity contribution in [3.8, 4) is 0 Å². The van der Waals surface area contributed by atoms with Gasteiger partial charge < -0.3 is 26.8 Å². The molecule has 0 bridgehead atoms. The SMILES string of the molecule is CS(=O)(=O)c1ccc(C(O)Nc2ccc(Cl)cc2C(=O)Nc2ccc(Cl)cn2)c(NCCCCCN)c1. The summed E-state index contributed by atoms with van der Waals surface area (Å²) in [6, 6.07) is 12.2. The molecule has 1 aromatic heterocycles. The highest BCUT2D eigenvalue weighted by Crippen LogP contribution is 2.30. The summed E-state index contributed by atoms with van der Waals surface area (Å²) in [4.78, 5) is 17.2. The zero-order chi connectivity index (χ0) is 27.0. The summed E-state index contributed by atoms with van der Waals surface area (Å²) in [5.74, 6) is -0.212. The first kappa shape index (κ1) is 28.7. The van der Waals surface area contributed by atoms with Gasteiger partial charge in [-0.15, -0.1) is 0 Å². The van der Waals surface area contributed by atoms with E-state index in [2.05, 4.69) is 20.9 Å². The lowest BCUT2D eigenvalue weighted by atomic mass is 10.1. The second-order valence-electron chi connectivity index (χ2n) is 8.35. The Bertz CT molecular complexity index is 1340. The second kappa shape index (κ2) is 13.1. The van der Waals surface area contributed by atoms with Gasteiger partial charge in [0.1, 0.15) is 5.82 Å². The van der Waals surface area contributed by atoms with Crippen LogP contribution in [0.15, 0.2) is 59.6 Å². The van der Waals surface area contributed by atoms with Crippen LogP contribution in [-0.2, 0) is 9.84 Å². The Morgan fingerprint density at radius 2 is 1.78 bits per heavy atom. The number of amides is 1. The quantitative estimate of drug-likeness (QED) is 0.157. The average Bonchev–Trinajstić information content (AvgIpc) is 2.85. The molecule has 1 unspecified atom stereocenters. The molecule has 1 atom stereocenters. The Hall–Kier alpha value is -2.89. The van der Waals surface area contributed by atoms with E-state index in [0.717, 1.165) is 25.5 Å². The summed E-state index contributed by atoms with van der Waals surface area (Å²) in [6.07, 6.45) is 3.87. The summed E-state index contributed by atoms with van der Waals surface area (Å²) in [5, 5.41) is 20.6. The number of carbonyl (C=O) groups is 1. The van der Waals surface area contributed by atoms with Crippen molar-refractivity contribution in [2.24, 2.45) is 5.73 Å². The molecule has 12 heteroatoms. The van der Waals surface area contributed by atoms with Gasteiger partial charge in [0, 0.05) is 41.0 Å². The maximum atomic E-state index is 13.0. The molecule has 2 aromatic carbocycles. The molecule has 0 fully saturated rings. The van der Waals surface area contributed by atoms with Gasteiger partial charge in [-0.25, -0.2) is 13.4 Å². The first-order valence-electron chi connectivity index (χ1n) is 11.5. The minimum Gasteiger partial charge on any atom is -0.385 e. The van der Waals surface area contributed by atoms with Crippen LogP contribution in [0.2, 0.25) is 10.0 Å². The Kier molecular flexibility index (Phi) is 10.1. The molecule has 0 aliphatic carbocycles. The number of sulfone groups is 1. The highest BCUT2D eigenvalue weighted by molar-refractivity contribution is 7.90. The number of nitrogens with one attached hydrogen (secondary N) is 3. The number of anilines is 3. The zero-order valence-electron chi connectivity index (χ0n) is 20.2. The molecule has 0 spiro atoms. The lowest BCUT2D eigenvalue weighted by Gasteiger charge is -2.21. The number of aliphatic hydroxyl groups excluding tert-OH is 1. The Morgan fingerprint density at radius 3 is 2.46 bits per heavy atom. The first-order chi connectivity index (χ1) is 17.6. The van der Waals surface area contributed by atoms with Gasteiger partial charge in [-0.1, -0.05) is 35.7 Å². The van der Waals surface area contributed by atoms with Crippen molar-refractivity contribution in [2.45, 2.75) is 30.4 Å². The molecule has 9 nitrogen and oxygen atoms in total. The normalized spacial score (nSPS) is 12.1. The number of hydrogen-bond donors (Lipinski definition) is 5. The molecule has 0 aliphatic rings. The minimum absolute atomic E-state index is 0.120. The van der Waals surface area contributed by atoms with E-state index < -0.39 is 22.0 Å². The third kappa shape index (κ3) is 8.31. The van der Waals surface area contributed by atoms with Crippen LogP contribution in [0, 0.1) is 0 Å². The van der Waals surface area contributed by atoms with Gasteiger partial charge in [-0.3, -0.25) is 4.79 Å². The van der Waals surface area contributed by atoms with Gasteiger partial charge in [-0.05, 0) is 61.9 Å². The topological polar surface area (TPSA) is 146 Å². The number of carbonyl (C=O) groups excluding carboxylic acids is 1. The monoisotopic (exact) mass is 565 g/mol. The maximum absolute atomic E-state index is 13.0. The van der Waals surface area contributed by atoms with Crippen molar-refractivity contribution >= 4 is 56.1 Å². The third-order valence-electron chi connectivity index (χ3n) is 5.43. The van der Waals surface area contributed by atoms with Crippen LogP contribution in [-0.4, -0.2) is 43.8 Å². The van der Waals surface area contributed by atoms with E-state index in [-0.39, 0.29) is 10.5 Å². The number of nitrogens with two attached hydrogens (primary N) is 1. The smallest absolute Gasteiger partial charge is 0.258 e. The maximum Gasteiger partial charge on any atom is 0.258 e. The van der Waals surface area contributed by atoms with Gasteiger partial charge in [-0.2, -0.15) is 0 Å². The zero-order valence-corrected chi connectivity index (χ0v) is 22.5. The van der Waals surface area contributed by atoms with Crippen LogP contribution >= 0.6 is 23.2 Å². The summed E-state index contributed by atoms with van der Waals surface area (Å²) in [7, 11) is -3.46. The highest BCUT2D eigenvalue weighted by atomic mass is 35.5. The molecule has 37 heavy (non-hydrogen) atoms. The van der Waals surface area contributed by atoms with E-state index in [4.69, 9.17) is 28.9 Å². The van der Waals surface area contributed by atoms with Crippen LogP contribution < -0.4 is 21.7 Å². The van der Waals surface area contributed by atoms with E-state index in [1.54, 1.807) is 24.3 Å². The lowest BCUT2D eigenvalue weighted by Crippen LogP contribution is -2.19. The van der Waals surface area contributed by atoms with Crippen LogP contribution in [0.3, 0.4) is 0 Å². The lowest BCUT2D eigenvalue weighted by molar-refractivity contribution is 0.102. The van der Waals surface area contributed by atoms with Crippen molar-refractivity contribution in [3.05, 3.63) is 75.9 Å². The summed E-state index contributed by atoms with van der Waals surface area (Å²) in [5.41, 5.74) is 6.90. The largest absolute Gasteiger partial charge is 0.385 e. The molecule has 1 heterocycles. The molecule has 0 saturated carbocycles. The summed E-state index contributed by atoms with van der Waals surface area (Å²) >= 11 is 12.0. The summed E-state index contributed by atoms with van der Waals surface area (Å²) < 4.78 is 24.2. The number of pyridine rings is 1. The molecule has 1 amide bonds. The number of hydrogen-bond acceptors (Lipinski definition) is 8. The minimum atomic E-state index is -3.46. The molecule has 6 N–H and O–H groups in total. The van der Waals surface area contributed by atoms with Crippen LogP contribution in [0.4, 0.5) is 17.2 Å². The second-order valence-corrected chi connectivity index (χ2v) is 11.2. The average molecular weight is 567 g/mol. The van der Waals surface area contributed by atoms with Gasteiger partial charge in [0.2, 0.25) is 0 Å². The fourth-order valence-electron chi connectivity index (χ4n) is 3.52. The standard InChI is InChI=1S/C25H29Cl2N5O4S/c1-37(35,36)18-7-8-19(22(14-18)29-12-4-2-3-11-28)24(33)31-21-9-5-16(26)13-20(21)25(34)32-23-10-6-17(27)15-30-23/h5-10,13-15,24,29,31,33H,2-4,11-12,28H2,1H3,(H,30,32,34). The molecule has 3 aromatic rings. The Morgan fingerprint density at radius 1 is 1.03 bits per heavy atom. The number of unbranched alkanes of at least 4 members (excludes halogenated alkanes) is 2. The summed E-state index contributed by atoms with van der Waals surface area (Å²) in [6.45, 7) is 1.16. The first-order valence-corrected chi connectivity index (χ1v) is 14.2. The fourth-order valence-corrected chi connectivity index (χ4v) is 4.45. The molecular weight excluding hydrogens is 537 g/mol. The van der Waals surface area contributed by atoms with E-state index in [0.29, 0.717) is 45.9 Å². The van der Waals surface area contributed by atoms with E-state index in [9.17, 15) is 18.3 Å². The predicted molar refractivity (Wildman–Crippen MR) is 148 cm³/mol. The number of benzene rings is 2. The van der Waals surface area contributed by atoms with Gasteiger partial charge in [0.15, 0.2) is 16.1 Å². The van der Waals surface area contributed by atoms with Gasteiger partial charge in [0.25, 0.3) is 5.91 Å². The molecule has 3 rings (SSSR count). The molecule has 0 saturated heterocycles. The molecule has 198 valence electrons. The van der Waals surface area contributed by atoms with Crippen molar-refractivity contribution < 1.29 is 18.3 Å². The number of halogens is 2. The van der Waals surface area contributed by atoms with E-state index in [1.807, 2.05) is 0 Å². The van der Waals surface area contributed by atoms with E-state index in [1.165, 1.54) is 30.5 Å². The molecule has 0 radical (unpaired) electrons. The number of aromatic nitrogens is 1. The Balaban J connectivity index is 1.86. The van der Waals surface area contributed by atoms with Crippen molar-refractivity contribution in [3.63, 3.8) is 0 Å². The molecule has 0 aliphatic heterocycles. The van der Waals surface area contributed by atoms with Crippen molar-refractivity contribution in [2.75, 3.05) is 35.3 Å². The fraction of sp³-hybridized carbons (Fsp3) is 0.280. The predicted octanol–water partition coefficient (Wildman–Crippen LogP) is 4.69. The van der Waals surface area contributed by atoms with E-state index >= 15 is 0 Å².